The van der Waals surface area contributed by atoms with Gasteiger partial charge in [0.2, 0.25) is 0 Å². The largest absolute Gasteiger partial charge is 0.478 e. The molecule has 0 saturated carbocycles. The molecule has 5 nitrogen and oxygen atoms in total. The van der Waals surface area contributed by atoms with Crippen molar-refractivity contribution in [1.82, 2.24) is 15.2 Å². The van der Waals surface area contributed by atoms with Crippen molar-refractivity contribution in [2.75, 3.05) is 12.8 Å². The lowest BCUT2D eigenvalue weighted by Crippen LogP contribution is -1.99. The summed E-state index contributed by atoms with van der Waals surface area (Å²) in [6, 6.07) is 7.25. The Labute approximate surface area is 86.9 Å². The average molecular weight is 202 g/mol. The Morgan fingerprint density at radius 2 is 2.07 bits per heavy atom. The van der Waals surface area contributed by atoms with Crippen LogP contribution in [0, 0.1) is 0 Å². The highest BCUT2D eigenvalue weighted by Crippen LogP contribution is 2.21. The van der Waals surface area contributed by atoms with Crippen molar-refractivity contribution in [1.29, 1.82) is 0 Å². The van der Waals surface area contributed by atoms with Gasteiger partial charge in [0.1, 0.15) is 5.69 Å². The van der Waals surface area contributed by atoms with Crippen LogP contribution in [0.3, 0.4) is 0 Å². The van der Waals surface area contributed by atoms with Gasteiger partial charge in [-0.15, -0.1) is 10.2 Å². The van der Waals surface area contributed by atoms with Gasteiger partial charge in [0.25, 0.3) is 5.88 Å². The second-order valence-corrected chi connectivity index (χ2v) is 2.91. The number of methoxy groups -OCH3 is 1. The van der Waals surface area contributed by atoms with Gasteiger partial charge >= 0.3 is 0 Å². The molecule has 0 aliphatic heterocycles. The molecule has 2 aromatic heterocycles. The van der Waals surface area contributed by atoms with Gasteiger partial charge in [-0.3, -0.25) is 4.98 Å². The second-order valence-electron chi connectivity index (χ2n) is 2.91. The zero-order chi connectivity index (χ0) is 10.7. The molecule has 0 unspecified atom stereocenters. The minimum absolute atomic E-state index is 0.328. The fourth-order valence-electron chi connectivity index (χ4n) is 1.19. The Bertz CT molecular complexity index is 458. The van der Waals surface area contributed by atoms with Crippen LogP contribution in [0.2, 0.25) is 0 Å². The zero-order valence-electron chi connectivity index (χ0n) is 8.21. The Hall–Kier alpha value is -2.17. The van der Waals surface area contributed by atoms with Crippen LogP contribution in [0.4, 0.5) is 5.69 Å². The molecule has 5 heteroatoms. The van der Waals surface area contributed by atoms with Crippen LogP contribution in [0.5, 0.6) is 5.88 Å². The van der Waals surface area contributed by atoms with Crippen molar-refractivity contribution in [3.8, 4) is 17.3 Å². The first-order chi connectivity index (χ1) is 7.31. The van der Waals surface area contributed by atoms with Crippen molar-refractivity contribution in [2.45, 2.75) is 0 Å². The van der Waals surface area contributed by atoms with Crippen LogP contribution in [0.25, 0.3) is 11.4 Å². The summed E-state index contributed by atoms with van der Waals surface area (Å²) >= 11 is 0. The van der Waals surface area contributed by atoms with Crippen molar-refractivity contribution in [3.05, 3.63) is 30.5 Å². The highest BCUT2D eigenvalue weighted by Gasteiger charge is 2.06. The third kappa shape index (κ3) is 1.85. The van der Waals surface area contributed by atoms with E-state index in [0.29, 0.717) is 17.3 Å². The number of hydrogen-bond acceptors (Lipinski definition) is 5. The van der Waals surface area contributed by atoms with Gasteiger partial charge in [0, 0.05) is 6.20 Å². The van der Waals surface area contributed by atoms with Crippen molar-refractivity contribution in [3.63, 3.8) is 0 Å². The van der Waals surface area contributed by atoms with E-state index in [9.17, 15) is 0 Å². The van der Waals surface area contributed by atoms with Gasteiger partial charge in [0.15, 0.2) is 0 Å². The summed E-state index contributed by atoms with van der Waals surface area (Å²) in [7, 11) is 1.50. The third-order valence-corrected chi connectivity index (χ3v) is 1.91. The molecule has 2 aromatic rings. The summed E-state index contributed by atoms with van der Waals surface area (Å²) in [6.07, 6.45) is 1.69. The first kappa shape index (κ1) is 9.39. The van der Waals surface area contributed by atoms with Crippen molar-refractivity contribution < 1.29 is 4.74 Å². The van der Waals surface area contributed by atoms with Crippen LogP contribution < -0.4 is 10.5 Å². The summed E-state index contributed by atoms with van der Waals surface area (Å²) in [5.74, 6) is 0.328. The second kappa shape index (κ2) is 3.91. The molecular formula is C10H10N4O. The fraction of sp³-hybridized carbons (Fsp3) is 0.100. The predicted molar refractivity (Wildman–Crippen MR) is 56.2 cm³/mol. The fourth-order valence-corrected chi connectivity index (χ4v) is 1.19. The molecule has 15 heavy (non-hydrogen) atoms. The monoisotopic (exact) mass is 202 g/mol. The number of nitrogen functional groups attached to an aromatic ring is 1. The predicted octanol–water partition coefficient (Wildman–Crippen LogP) is 1.13. The van der Waals surface area contributed by atoms with Crippen LogP contribution >= 0.6 is 0 Å². The first-order valence-corrected chi connectivity index (χ1v) is 4.40. The lowest BCUT2D eigenvalue weighted by Gasteiger charge is -2.03. The summed E-state index contributed by atoms with van der Waals surface area (Å²) in [6.45, 7) is 0. The molecule has 0 bridgehead atoms. The number of ether oxygens (including phenoxy) is 1. The number of nitrogens with two attached hydrogens (primary N) is 1. The minimum Gasteiger partial charge on any atom is -0.478 e. The molecule has 2 N–H and O–H groups in total. The van der Waals surface area contributed by atoms with E-state index in [1.807, 2.05) is 18.2 Å². The van der Waals surface area contributed by atoms with E-state index in [4.69, 9.17) is 10.5 Å². The smallest absolute Gasteiger partial charge is 0.256 e. The van der Waals surface area contributed by atoms with E-state index in [1.165, 1.54) is 7.11 Å². The van der Waals surface area contributed by atoms with E-state index in [0.717, 1.165) is 5.69 Å². The number of aromatic nitrogens is 3. The molecule has 2 rings (SSSR count). The highest BCUT2D eigenvalue weighted by atomic mass is 16.5. The molecule has 0 aliphatic rings. The number of nitrogens with zero attached hydrogens (tertiary/aromatic N) is 3. The summed E-state index contributed by atoms with van der Waals surface area (Å²) in [5.41, 5.74) is 7.53. The van der Waals surface area contributed by atoms with E-state index >= 15 is 0 Å². The van der Waals surface area contributed by atoms with Gasteiger partial charge in [0.05, 0.1) is 18.5 Å². The summed E-state index contributed by atoms with van der Waals surface area (Å²) < 4.78 is 4.92. The molecule has 0 aliphatic carbocycles. The van der Waals surface area contributed by atoms with E-state index in [1.54, 1.807) is 12.3 Å². The van der Waals surface area contributed by atoms with Gasteiger partial charge in [-0.1, -0.05) is 6.07 Å². The van der Waals surface area contributed by atoms with E-state index < -0.39 is 0 Å². The van der Waals surface area contributed by atoms with Crippen molar-refractivity contribution in [2.24, 2.45) is 0 Å². The number of pyridine rings is 1. The zero-order valence-corrected chi connectivity index (χ0v) is 8.21. The molecule has 2 heterocycles. The van der Waals surface area contributed by atoms with Crippen molar-refractivity contribution >= 4 is 5.69 Å². The van der Waals surface area contributed by atoms with E-state index in [-0.39, 0.29) is 0 Å². The maximum Gasteiger partial charge on any atom is 0.256 e. The molecule has 0 fully saturated rings. The van der Waals surface area contributed by atoms with Crippen LogP contribution in [0.1, 0.15) is 0 Å². The molecule has 0 saturated heterocycles. The highest BCUT2D eigenvalue weighted by molar-refractivity contribution is 5.61. The molecular weight excluding hydrogens is 192 g/mol. The molecule has 0 radical (unpaired) electrons. The summed E-state index contributed by atoms with van der Waals surface area (Å²) in [4.78, 5) is 4.15. The van der Waals surface area contributed by atoms with Crippen LogP contribution in [0.15, 0.2) is 30.5 Å². The van der Waals surface area contributed by atoms with Crippen LogP contribution in [-0.2, 0) is 0 Å². The lowest BCUT2D eigenvalue weighted by molar-refractivity contribution is 0.394. The number of anilines is 1. The Morgan fingerprint density at radius 3 is 2.67 bits per heavy atom. The molecule has 0 aromatic carbocycles. The molecule has 0 atom stereocenters. The standard InChI is InChI=1S/C10H10N4O/c1-15-10-7(11)6-9(13-14-10)8-4-2-3-5-12-8/h2-6H,1H3,(H2,11,13). The first-order valence-electron chi connectivity index (χ1n) is 4.40. The van der Waals surface area contributed by atoms with Gasteiger partial charge in [-0.25, -0.2) is 0 Å². The van der Waals surface area contributed by atoms with Gasteiger partial charge < -0.3 is 10.5 Å². The molecule has 0 spiro atoms. The van der Waals surface area contributed by atoms with Gasteiger partial charge in [-0.2, -0.15) is 0 Å². The topological polar surface area (TPSA) is 73.9 Å². The lowest BCUT2D eigenvalue weighted by atomic mass is 10.2. The molecule has 0 amide bonds. The number of hydrogen-bond donors (Lipinski definition) is 1. The average Bonchev–Trinajstić information content (AvgIpc) is 2.30. The minimum atomic E-state index is 0.328. The Morgan fingerprint density at radius 1 is 1.20 bits per heavy atom. The van der Waals surface area contributed by atoms with E-state index in [2.05, 4.69) is 15.2 Å². The maximum atomic E-state index is 5.71. The quantitative estimate of drug-likeness (QED) is 0.790. The third-order valence-electron chi connectivity index (χ3n) is 1.91. The number of rotatable bonds is 2. The SMILES string of the molecule is COc1nnc(-c2ccccn2)cc1N. The summed E-state index contributed by atoms with van der Waals surface area (Å²) in [5, 5.41) is 7.80. The Kier molecular flexibility index (Phi) is 2.45. The Balaban J connectivity index is 2.43. The maximum absolute atomic E-state index is 5.71. The van der Waals surface area contributed by atoms with Crippen LogP contribution in [-0.4, -0.2) is 22.3 Å². The van der Waals surface area contributed by atoms with Gasteiger partial charge in [-0.05, 0) is 18.2 Å². The normalized spacial score (nSPS) is 9.93. The molecule has 76 valence electrons.